The maximum absolute atomic E-state index is 12.4. The van der Waals surface area contributed by atoms with Gasteiger partial charge in [0.25, 0.3) is 0 Å². The minimum absolute atomic E-state index is 0.149. The summed E-state index contributed by atoms with van der Waals surface area (Å²) in [6, 6.07) is 7.62. The van der Waals surface area contributed by atoms with Crippen LogP contribution in [0.25, 0.3) is 11.0 Å². The second kappa shape index (κ2) is 7.83. The van der Waals surface area contributed by atoms with Gasteiger partial charge >= 0.3 is 5.63 Å². The lowest BCUT2D eigenvalue weighted by Gasteiger charge is -2.31. The van der Waals surface area contributed by atoms with Gasteiger partial charge in [-0.05, 0) is 43.9 Å². The number of nitrogens with one attached hydrogen (secondary N) is 1. The minimum Gasteiger partial charge on any atom is -0.497 e. The molecule has 142 valence electrons. The first kappa shape index (κ1) is 19.0. The Morgan fingerprint density at radius 1 is 1.33 bits per heavy atom. The van der Waals surface area contributed by atoms with E-state index < -0.39 is 11.2 Å². The first-order chi connectivity index (χ1) is 13.0. The maximum atomic E-state index is 12.4. The lowest BCUT2D eigenvalue weighted by Crippen LogP contribution is -2.48. The molecule has 0 unspecified atom stereocenters. The van der Waals surface area contributed by atoms with Crippen LogP contribution in [-0.2, 0) is 11.2 Å². The Hall–Kier alpha value is -2.81. The standard InChI is InChI=1S/C21H24N2O4/c1-14-16-7-6-15(26-2)12-18(16)27-20(25)17(14)8-9-19(24)23-21(13-22)10-4-3-5-11-21/h6-7,12H,3-5,8-11H2,1-2H3,(H,23,24). The lowest BCUT2D eigenvalue weighted by atomic mass is 9.82. The number of carbonyl (C=O) groups excluding carboxylic acids is 1. The Bertz CT molecular complexity index is 949. The number of methoxy groups -OCH3 is 1. The highest BCUT2D eigenvalue weighted by Gasteiger charge is 2.33. The van der Waals surface area contributed by atoms with Crippen molar-refractivity contribution in [3.63, 3.8) is 0 Å². The third kappa shape index (κ3) is 3.97. The van der Waals surface area contributed by atoms with Crippen LogP contribution in [-0.4, -0.2) is 18.6 Å². The van der Waals surface area contributed by atoms with Gasteiger partial charge < -0.3 is 14.5 Å². The fraction of sp³-hybridized carbons (Fsp3) is 0.476. The second-order valence-electron chi connectivity index (χ2n) is 7.16. The van der Waals surface area contributed by atoms with E-state index in [2.05, 4.69) is 11.4 Å². The summed E-state index contributed by atoms with van der Waals surface area (Å²) in [5, 5.41) is 13.2. The van der Waals surface area contributed by atoms with Gasteiger partial charge in [-0.15, -0.1) is 0 Å². The summed E-state index contributed by atoms with van der Waals surface area (Å²) in [7, 11) is 1.55. The monoisotopic (exact) mass is 368 g/mol. The summed E-state index contributed by atoms with van der Waals surface area (Å²) < 4.78 is 10.6. The summed E-state index contributed by atoms with van der Waals surface area (Å²) >= 11 is 0. The Morgan fingerprint density at radius 3 is 2.74 bits per heavy atom. The van der Waals surface area contributed by atoms with Crippen LogP contribution in [0.4, 0.5) is 0 Å². The number of nitriles is 1. The fourth-order valence-corrected chi connectivity index (χ4v) is 3.78. The van der Waals surface area contributed by atoms with Gasteiger partial charge in [0.1, 0.15) is 16.9 Å². The third-order valence-electron chi connectivity index (χ3n) is 5.40. The van der Waals surface area contributed by atoms with Crippen molar-refractivity contribution in [2.75, 3.05) is 7.11 Å². The van der Waals surface area contributed by atoms with Gasteiger partial charge in [-0.2, -0.15) is 5.26 Å². The largest absolute Gasteiger partial charge is 0.497 e. The van der Waals surface area contributed by atoms with Crippen molar-refractivity contribution in [1.82, 2.24) is 5.32 Å². The zero-order valence-electron chi connectivity index (χ0n) is 15.8. The van der Waals surface area contributed by atoms with Crippen LogP contribution in [0, 0.1) is 18.3 Å². The maximum Gasteiger partial charge on any atom is 0.339 e. The van der Waals surface area contributed by atoms with E-state index in [1.165, 1.54) is 0 Å². The molecule has 0 bridgehead atoms. The molecular formula is C21H24N2O4. The summed E-state index contributed by atoms with van der Waals surface area (Å²) in [6.45, 7) is 1.86. The summed E-state index contributed by atoms with van der Waals surface area (Å²) in [5.74, 6) is 0.415. The predicted molar refractivity (Wildman–Crippen MR) is 102 cm³/mol. The molecule has 1 saturated carbocycles. The summed E-state index contributed by atoms with van der Waals surface area (Å²) in [6.07, 6.45) is 4.80. The first-order valence-corrected chi connectivity index (χ1v) is 9.30. The van der Waals surface area contributed by atoms with Gasteiger partial charge in [0.05, 0.1) is 13.2 Å². The molecule has 1 aliphatic carbocycles. The van der Waals surface area contributed by atoms with E-state index in [4.69, 9.17) is 9.15 Å². The van der Waals surface area contributed by atoms with Crippen molar-refractivity contribution >= 4 is 16.9 Å². The van der Waals surface area contributed by atoms with Crippen molar-refractivity contribution in [3.8, 4) is 11.8 Å². The highest BCUT2D eigenvalue weighted by molar-refractivity contribution is 5.83. The van der Waals surface area contributed by atoms with E-state index in [1.807, 2.05) is 19.1 Å². The number of fused-ring (bicyclic) bond motifs is 1. The number of carbonyl (C=O) groups is 1. The molecule has 6 heteroatoms. The van der Waals surface area contributed by atoms with Crippen molar-refractivity contribution in [1.29, 1.82) is 5.26 Å². The van der Waals surface area contributed by atoms with Crippen LogP contribution in [0.3, 0.4) is 0 Å². The molecule has 0 saturated heterocycles. The van der Waals surface area contributed by atoms with E-state index in [0.717, 1.165) is 30.2 Å². The fourth-order valence-electron chi connectivity index (χ4n) is 3.78. The first-order valence-electron chi connectivity index (χ1n) is 9.30. The number of hydrogen-bond donors (Lipinski definition) is 1. The van der Waals surface area contributed by atoms with Crippen molar-refractivity contribution in [3.05, 3.63) is 39.7 Å². The van der Waals surface area contributed by atoms with E-state index in [-0.39, 0.29) is 18.7 Å². The van der Waals surface area contributed by atoms with Crippen LogP contribution < -0.4 is 15.7 Å². The van der Waals surface area contributed by atoms with Crippen LogP contribution >= 0.6 is 0 Å². The molecule has 3 rings (SSSR count). The number of aryl methyl sites for hydroxylation is 1. The van der Waals surface area contributed by atoms with Gasteiger partial charge in [0, 0.05) is 23.4 Å². The molecule has 0 radical (unpaired) electrons. The molecule has 1 N–H and O–H groups in total. The Labute approximate surface area is 158 Å². The van der Waals surface area contributed by atoms with Gasteiger partial charge in [-0.3, -0.25) is 4.79 Å². The molecule has 2 aromatic rings. The van der Waals surface area contributed by atoms with Crippen LogP contribution in [0.2, 0.25) is 0 Å². The summed E-state index contributed by atoms with van der Waals surface area (Å²) in [4.78, 5) is 24.8. The molecule has 1 aromatic carbocycles. The van der Waals surface area contributed by atoms with Gasteiger partial charge in [-0.25, -0.2) is 4.79 Å². The normalized spacial score (nSPS) is 15.9. The van der Waals surface area contributed by atoms with Crippen molar-refractivity contribution in [2.24, 2.45) is 0 Å². The SMILES string of the molecule is COc1ccc2c(C)c(CCC(=O)NC3(C#N)CCCCC3)c(=O)oc2c1. The van der Waals surface area contributed by atoms with Crippen LogP contribution in [0.5, 0.6) is 5.75 Å². The lowest BCUT2D eigenvalue weighted by molar-refractivity contribution is -0.122. The third-order valence-corrected chi connectivity index (χ3v) is 5.40. The van der Waals surface area contributed by atoms with Crippen molar-refractivity contribution < 1.29 is 13.9 Å². The van der Waals surface area contributed by atoms with Gasteiger partial charge in [-0.1, -0.05) is 19.3 Å². The molecule has 6 nitrogen and oxygen atoms in total. The minimum atomic E-state index is -0.755. The number of amides is 1. The average Bonchev–Trinajstić information content (AvgIpc) is 2.68. The molecule has 0 atom stereocenters. The molecule has 0 aliphatic heterocycles. The summed E-state index contributed by atoms with van der Waals surface area (Å²) in [5.41, 5.74) is 0.584. The predicted octanol–water partition coefficient (Wildman–Crippen LogP) is 3.39. The van der Waals surface area contributed by atoms with Crippen LogP contribution in [0.1, 0.15) is 49.7 Å². The van der Waals surface area contributed by atoms with E-state index in [0.29, 0.717) is 29.7 Å². The molecule has 0 spiro atoms. The van der Waals surface area contributed by atoms with E-state index >= 15 is 0 Å². The van der Waals surface area contributed by atoms with Gasteiger partial charge in [0.15, 0.2) is 0 Å². The molecule has 1 aliphatic rings. The Morgan fingerprint density at radius 2 is 2.07 bits per heavy atom. The average molecular weight is 368 g/mol. The zero-order chi connectivity index (χ0) is 19.4. The molecule has 27 heavy (non-hydrogen) atoms. The topological polar surface area (TPSA) is 92.3 Å². The van der Waals surface area contributed by atoms with Gasteiger partial charge in [0.2, 0.25) is 5.91 Å². The Kier molecular flexibility index (Phi) is 5.50. The van der Waals surface area contributed by atoms with E-state index in [1.54, 1.807) is 13.2 Å². The number of rotatable bonds is 5. The quantitative estimate of drug-likeness (QED) is 0.817. The molecule has 1 amide bonds. The molecule has 1 heterocycles. The van der Waals surface area contributed by atoms with E-state index in [9.17, 15) is 14.9 Å². The highest BCUT2D eigenvalue weighted by Crippen LogP contribution is 2.28. The second-order valence-corrected chi connectivity index (χ2v) is 7.16. The van der Waals surface area contributed by atoms with Crippen molar-refractivity contribution in [2.45, 2.75) is 57.4 Å². The number of nitrogens with zero attached hydrogens (tertiary/aromatic N) is 1. The smallest absolute Gasteiger partial charge is 0.339 e. The number of hydrogen-bond acceptors (Lipinski definition) is 5. The molecule has 1 aromatic heterocycles. The Balaban J connectivity index is 1.76. The number of ether oxygens (including phenoxy) is 1. The number of benzene rings is 1. The molecular weight excluding hydrogens is 344 g/mol. The molecule has 1 fully saturated rings. The van der Waals surface area contributed by atoms with Crippen LogP contribution in [0.15, 0.2) is 27.4 Å². The zero-order valence-corrected chi connectivity index (χ0v) is 15.8. The highest BCUT2D eigenvalue weighted by atomic mass is 16.5.